The largest absolute Gasteiger partial charge is 0.356 e. The second-order valence-corrected chi connectivity index (χ2v) is 5.85. The van der Waals surface area contributed by atoms with Crippen LogP contribution in [0.4, 0.5) is 5.82 Å². The van der Waals surface area contributed by atoms with Crippen LogP contribution in [-0.2, 0) is 0 Å². The quantitative estimate of drug-likeness (QED) is 0.863. The first-order valence-electron chi connectivity index (χ1n) is 7.07. The number of hydrogen-bond acceptors (Lipinski definition) is 4. The molecule has 1 aromatic heterocycles. The Morgan fingerprint density at radius 1 is 1.58 bits per heavy atom. The van der Waals surface area contributed by atoms with Crippen molar-refractivity contribution in [1.82, 2.24) is 9.97 Å². The molecule has 3 N–H and O–H groups in total. The number of aromatic nitrogens is 2. The lowest BCUT2D eigenvalue weighted by Gasteiger charge is -2.37. The summed E-state index contributed by atoms with van der Waals surface area (Å²) in [6.07, 6.45) is 1.10. The average Bonchev–Trinajstić information content (AvgIpc) is 2.38. The standard InChI is InChI=1S/C14H24N4O/c1-9(2)14-16-12(6-13(19)17-14)18-5-4-10(3)11(7-15)8-18/h6,9-11H,4-5,7-8,15H2,1-3H3,(H,16,17,19). The molecule has 5 heteroatoms. The summed E-state index contributed by atoms with van der Waals surface area (Å²) in [4.78, 5) is 21.3. The van der Waals surface area contributed by atoms with E-state index in [1.165, 1.54) is 0 Å². The lowest BCUT2D eigenvalue weighted by Crippen LogP contribution is -2.43. The molecule has 0 spiro atoms. The van der Waals surface area contributed by atoms with Crippen LogP contribution in [0.3, 0.4) is 0 Å². The Bertz CT molecular complexity index is 483. The maximum absolute atomic E-state index is 11.7. The monoisotopic (exact) mass is 264 g/mol. The first-order valence-corrected chi connectivity index (χ1v) is 7.07. The summed E-state index contributed by atoms with van der Waals surface area (Å²) < 4.78 is 0. The molecule has 1 saturated heterocycles. The van der Waals surface area contributed by atoms with Crippen LogP contribution in [0.15, 0.2) is 10.9 Å². The lowest BCUT2D eigenvalue weighted by molar-refractivity contribution is 0.306. The van der Waals surface area contributed by atoms with Gasteiger partial charge in [0, 0.05) is 25.1 Å². The molecule has 2 heterocycles. The molecule has 0 radical (unpaired) electrons. The molecule has 0 aliphatic carbocycles. The van der Waals surface area contributed by atoms with E-state index in [1.54, 1.807) is 6.07 Å². The van der Waals surface area contributed by atoms with E-state index in [0.29, 0.717) is 18.4 Å². The van der Waals surface area contributed by atoms with Gasteiger partial charge in [0.2, 0.25) is 0 Å². The van der Waals surface area contributed by atoms with Gasteiger partial charge >= 0.3 is 0 Å². The van der Waals surface area contributed by atoms with Crippen molar-refractivity contribution in [2.75, 3.05) is 24.5 Å². The SMILES string of the molecule is CC(C)c1nc(N2CCC(C)C(CN)C2)cc(=O)[nH]1. The average molecular weight is 264 g/mol. The van der Waals surface area contributed by atoms with Crippen molar-refractivity contribution in [3.63, 3.8) is 0 Å². The van der Waals surface area contributed by atoms with Gasteiger partial charge in [-0.1, -0.05) is 20.8 Å². The molecular formula is C14H24N4O. The van der Waals surface area contributed by atoms with E-state index >= 15 is 0 Å². The minimum Gasteiger partial charge on any atom is -0.356 e. The smallest absolute Gasteiger partial charge is 0.252 e. The highest BCUT2D eigenvalue weighted by molar-refractivity contribution is 5.38. The number of piperidine rings is 1. The fourth-order valence-corrected chi connectivity index (χ4v) is 2.56. The third-order valence-corrected chi connectivity index (χ3v) is 4.03. The van der Waals surface area contributed by atoms with Crippen LogP contribution < -0.4 is 16.2 Å². The van der Waals surface area contributed by atoms with Crippen molar-refractivity contribution >= 4 is 5.82 Å². The van der Waals surface area contributed by atoms with Gasteiger partial charge in [0.1, 0.15) is 11.6 Å². The highest BCUT2D eigenvalue weighted by Crippen LogP contribution is 2.25. The molecule has 1 aromatic rings. The van der Waals surface area contributed by atoms with Crippen LogP contribution in [-0.4, -0.2) is 29.6 Å². The van der Waals surface area contributed by atoms with E-state index in [0.717, 1.165) is 31.2 Å². The zero-order valence-corrected chi connectivity index (χ0v) is 12.0. The van der Waals surface area contributed by atoms with E-state index in [4.69, 9.17) is 5.73 Å². The molecule has 19 heavy (non-hydrogen) atoms. The van der Waals surface area contributed by atoms with Crippen LogP contribution in [0.1, 0.15) is 38.9 Å². The molecular weight excluding hydrogens is 240 g/mol. The third kappa shape index (κ3) is 3.15. The van der Waals surface area contributed by atoms with Crippen molar-refractivity contribution in [2.24, 2.45) is 17.6 Å². The predicted molar refractivity (Wildman–Crippen MR) is 77.5 cm³/mol. The van der Waals surface area contributed by atoms with Gasteiger partial charge in [-0.3, -0.25) is 4.79 Å². The Morgan fingerprint density at radius 3 is 2.95 bits per heavy atom. The Morgan fingerprint density at radius 2 is 2.32 bits per heavy atom. The number of nitrogens with one attached hydrogen (secondary N) is 1. The molecule has 0 amide bonds. The number of anilines is 1. The summed E-state index contributed by atoms with van der Waals surface area (Å²) in [6.45, 7) is 8.85. The van der Waals surface area contributed by atoms with Crippen LogP contribution >= 0.6 is 0 Å². The summed E-state index contributed by atoms with van der Waals surface area (Å²) in [5.74, 6) is 2.90. The van der Waals surface area contributed by atoms with Crippen molar-refractivity contribution in [3.8, 4) is 0 Å². The first-order chi connectivity index (χ1) is 9.01. The molecule has 2 rings (SSSR count). The van der Waals surface area contributed by atoms with E-state index in [-0.39, 0.29) is 11.5 Å². The maximum atomic E-state index is 11.7. The van der Waals surface area contributed by atoms with Gasteiger partial charge in [-0.25, -0.2) is 4.98 Å². The van der Waals surface area contributed by atoms with Crippen LogP contribution in [0.25, 0.3) is 0 Å². The lowest BCUT2D eigenvalue weighted by atomic mass is 9.87. The Kier molecular flexibility index (Phi) is 4.24. The summed E-state index contributed by atoms with van der Waals surface area (Å²) in [6, 6.07) is 1.59. The zero-order valence-electron chi connectivity index (χ0n) is 12.0. The second-order valence-electron chi connectivity index (χ2n) is 5.85. The van der Waals surface area contributed by atoms with Gasteiger partial charge in [0.25, 0.3) is 5.56 Å². The molecule has 0 aromatic carbocycles. The van der Waals surface area contributed by atoms with E-state index < -0.39 is 0 Å². The number of hydrogen-bond donors (Lipinski definition) is 2. The Labute approximate surface area is 114 Å². The van der Waals surface area contributed by atoms with Crippen LogP contribution in [0, 0.1) is 11.8 Å². The topological polar surface area (TPSA) is 75.0 Å². The first kappa shape index (κ1) is 14.1. The number of nitrogens with two attached hydrogens (primary N) is 1. The van der Waals surface area contributed by atoms with Gasteiger partial charge in [0.15, 0.2) is 0 Å². The summed E-state index contributed by atoms with van der Waals surface area (Å²) >= 11 is 0. The number of aromatic amines is 1. The Balaban J connectivity index is 2.24. The van der Waals surface area contributed by atoms with Gasteiger partial charge in [-0.05, 0) is 24.8 Å². The van der Waals surface area contributed by atoms with Gasteiger partial charge in [-0.15, -0.1) is 0 Å². The van der Waals surface area contributed by atoms with E-state index in [9.17, 15) is 4.79 Å². The fraction of sp³-hybridized carbons (Fsp3) is 0.714. The second kappa shape index (κ2) is 5.74. The van der Waals surface area contributed by atoms with Crippen molar-refractivity contribution in [1.29, 1.82) is 0 Å². The molecule has 1 fully saturated rings. The molecule has 1 aliphatic heterocycles. The highest BCUT2D eigenvalue weighted by Gasteiger charge is 2.26. The minimum atomic E-state index is -0.0726. The molecule has 0 bridgehead atoms. The van der Waals surface area contributed by atoms with Crippen molar-refractivity contribution < 1.29 is 0 Å². The summed E-state index contributed by atoms with van der Waals surface area (Å²) in [7, 11) is 0. The molecule has 2 atom stereocenters. The molecule has 106 valence electrons. The Hall–Kier alpha value is -1.36. The number of H-pyrrole nitrogens is 1. The van der Waals surface area contributed by atoms with Crippen molar-refractivity contribution in [3.05, 3.63) is 22.2 Å². The normalized spacial score (nSPS) is 23.9. The van der Waals surface area contributed by atoms with E-state index in [2.05, 4.69) is 21.8 Å². The molecule has 0 saturated carbocycles. The molecule has 1 aliphatic rings. The third-order valence-electron chi connectivity index (χ3n) is 4.03. The van der Waals surface area contributed by atoms with E-state index in [1.807, 2.05) is 13.8 Å². The highest BCUT2D eigenvalue weighted by atomic mass is 16.1. The van der Waals surface area contributed by atoms with Crippen LogP contribution in [0.2, 0.25) is 0 Å². The summed E-state index contributed by atoms with van der Waals surface area (Å²) in [5, 5.41) is 0. The van der Waals surface area contributed by atoms with Gasteiger partial charge < -0.3 is 15.6 Å². The number of nitrogens with zero attached hydrogens (tertiary/aromatic N) is 2. The zero-order chi connectivity index (χ0) is 14.0. The minimum absolute atomic E-state index is 0.0726. The predicted octanol–water partition coefficient (Wildman–Crippen LogP) is 1.31. The fourth-order valence-electron chi connectivity index (χ4n) is 2.56. The molecule has 2 unspecified atom stereocenters. The maximum Gasteiger partial charge on any atom is 0.252 e. The number of rotatable bonds is 3. The van der Waals surface area contributed by atoms with Crippen molar-refractivity contribution in [2.45, 2.75) is 33.1 Å². The van der Waals surface area contributed by atoms with Crippen LogP contribution in [0.5, 0.6) is 0 Å². The molecule has 5 nitrogen and oxygen atoms in total. The van der Waals surface area contributed by atoms with Gasteiger partial charge in [0.05, 0.1) is 0 Å². The van der Waals surface area contributed by atoms with Gasteiger partial charge in [-0.2, -0.15) is 0 Å². The summed E-state index contributed by atoms with van der Waals surface area (Å²) in [5.41, 5.74) is 5.75.